The molecular formula is C28H29FN6O4. The molecule has 1 aliphatic carbocycles. The number of pyridine rings is 1. The van der Waals surface area contributed by atoms with Gasteiger partial charge in [0, 0.05) is 25.2 Å². The number of piperidine rings is 1. The summed E-state index contributed by atoms with van der Waals surface area (Å²) in [6.45, 7) is 1.80. The lowest BCUT2D eigenvalue weighted by atomic mass is 9.65. The summed E-state index contributed by atoms with van der Waals surface area (Å²) in [5, 5.41) is 22.1. The van der Waals surface area contributed by atoms with Crippen molar-refractivity contribution >= 4 is 35.1 Å². The molecular weight excluding hydrogens is 503 g/mol. The molecule has 3 heterocycles. The van der Waals surface area contributed by atoms with Crippen molar-refractivity contribution in [2.45, 2.75) is 44.9 Å². The van der Waals surface area contributed by atoms with Gasteiger partial charge in [0.15, 0.2) is 0 Å². The van der Waals surface area contributed by atoms with Crippen LogP contribution in [0, 0.1) is 29.5 Å². The molecule has 0 unspecified atom stereocenters. The van der Waals surface area contributed by atoms with E-state index in [1.54, 1.807) is 12.3 Å². The lowest BCUT2D eigenvalue weighted by Gasteiger charge is -2.46. The molecule has 3 N–H and O–H groups in total. The molecule has 1 saturated carbocycles. The number of halogens is 1. The zero-order chi connectivity index (χ0) is 27.4. The van der Waals surface area contributed by atoms with E-state index >= 15 is 0 Å². The third-order valence-electron chi connectivity index (χ3n) is 7.78. The number of carbonyl (C=O) groups excluding carboxylic acids is 1. The first-order chi connectivity index (χ1) is 18.8. The van der Waals surface area contributed by atoms with Crippen LogP contribution >= 0.6 is 0 Å². The summed E-state index contributed by atoms with van der Waals surface area (Å²) in [6.07, 6.45) is 13.5. The monoisotopic (exact) mass is 532 g/mol. The Morgan fingerprint density at radius 2 is 1.87 bits per heavy atom. The first kappa shape index (κ1) is 26.2. The zero-order valence-corrected chi connectivity index (χ0v) is 21.3. The maximum Gasteiger partial charge on any atom is 0.320 e. The Hall–Kier alpha value is -4.46. The predicted molar refractivity (Wildman–Crippen MR) is 142 cm³/mol. The highest BCUT2D eigenvalue weighted by Crippen LogP contribution is 2.47. The van der Waals surface area contributed by atoms with E-state index in [1.807, 2.05) is 6.07 Å². The van der Waals surface area contributed by atoms with Crippen molar-refractivity contribution in [2.24, 2.45) is 11.3 Å². The Morgan fingerprint density at radius 1 is 1.13 bits per heavy atom. The molecule has 1 aliphatic heterocycles. The molecule has 10 nitrogen and oxygen atoms in total. The number of nitrogens with one attached hydrogen (secondary N) is 2. The van der Waals surface area contributed by atoms with Gasteiger partial charge in [0.05, 0.1) is 17.4 Å². The first-order valence-electron chi connectivity index (χ1n) is 12.9. The lowest BCUT2D eigenvalue weighted by Crippen LogP contribution is -2.42. The van der Waals surface area contributed by atoms with Gasteiger partial charge in [-0.05, 0) is 80.2 Å². The molecule has 1 aromatic carbocycles. The largest absolute Gasteiger partial charge is 0.481 e. The molecule has 202 valence electrons. The van der Waals surface area contributed by atoms with Gasteiger partial charge in [-0.3, -0.25) is 9.59 Å². The second-order valence-corrected chi connectivity index (χ2v) is 10.3. The van der Waals surface area contributed by atoms with Crippen LogP contribution in [0.4, 0.5) is 27.6 Å². The number of nitrogens with zero attached hydrogens (tertiary/aromatic N) is 4. The van der Waals surface area contributed by atoms with Crippen molar-refractivity contribution in [1.29, 1.82) is 0 Å². The highest BCUT2D eigenvalue weighted by molar-refractivity contribution is 6.00. The number of benzene rings is 1. The van der Waals surface area contributed by atoms with Crippen LogP contribution in [0.5, 0.6) is 0 Å². The number of aliphatic carboxylic acids is 1. The molecule has 0 bridgehead atoms. The van der Waals surface area contributed by atoms with E-state index in [0.29, 0.717) is 22.7 Å². The second kappa shape index (κ2) is 11.1. The van der Waals surface area contributed by atoms with Gasteiger partial charge in [-0.2, -0.15) is 0 Å². The van der Waals surface area contributed by atoms with E-state index in [0.717, 1.165) is 57.4 Å². The maximum absolute atomic E-state index is 13.6. The molecule has 0 atom stereocenters. The molecule has 11 heteroatoms. The smallest absolute Gasteiger partial charge is 0.320 e. The molecule has 39 heavy (non-hydrogen) atoms. The van der Waals surface area contributed by atoms with Gasteiger partial charge in [0.1, 0.15) is 11.6 Å². The van der Waals surface area contributed by atoms with Gasteiger partial charge in [-0.25, -0.2) is 9.37 Å². The van der Waals surface area contributed by atoms with Crippen LogP contribution in [-0.4, -0.2) is 45.3 Å². The number of hydrogen-bond donors (Lipinski definition) is 3. The molecule has 2 aliphatic rings. The molecule has 1 saturated heterocycles. The molecule has 1 spiro atoms. The fourth-order valence-electron chi connectivity index (χ4n) is 5.49. The van der Waals surface area contributed by atoms with E-state index in [2.05, 4.69) is 36.6 Å². The molecule has 2 aromatic heterocycles. The second-order valence-electron chi connectivity index (χ2n) is 10.3. The summed E-state index contributed by atoms with van der Waals surface area (Å²) in [6, 6.07) is 7.70. The quantitative estimate of drug-likeness (QED) is 0.366. The topological polar surface area (TPSA) is 133 Å². The lowest BCUT2D eigenvalue weighted by molar-refractivity contribution is -0.138. The van der Waals surface area contributed by atoms with Crippen LogP contribution in [0.3, 0.4) is 0 Å². The van der Waals surface area contributed by atoms with Gasteiger partial charge in [-0.15, -0.1) is 11.5 Å². The van der Waals surface area contributed by atoms with Gasteiger partial charge in [0.25, 0.3) is 0 Å². The number of anilines is 4. The van der Waals surface area contributed by atoms with Crippen molar-refractivity contribution in [1.82, 2.24) is 15.2 Å². The van der Waals surface area contributed by atoms with Crippen LogP contribution in [0.2, 0.25) is 0 Å². The van der Waals surface area contributed by atoms with Gasteiger partial charge < -0.3 is 25.1 Å². The summed E-state index contributed by atoms with van der Waals surface area (Å²) < 4.78 is 19.0. The normalized spacial score (nSPS) is 17.0. The highest BCUT2D eigenvalue weighted by Gasteiger charge is 2.38. The minimum atomic E-state index is -0.697. The van der Waals surface area contributed by atoms with Crippen molar-refractivity contribution < 1.29 is 23.5 Å². The minimum Gasteiger partial charge on any atom is -0.481 e. The van der Waals surface area contributed by atoms with E-state index in [4.69, 9.17) is 15.9 Å². The standard InChI is InChI=1S/C28H29FN6O4/c1-2-19-16-20(3-5-22(19)29)32-27-34-33-26(39-27)25(38)31-21-4-6-23(30-17-21)35-13-11-28(12-14-35)9-7-18(8-10-28)15-24(36)37/h1,3-6,16-18H,7-15H2,(H,31,38)(H,32,34)(H,36,37). The van der Waals surface area contributed by atoms with Gasteiger partial charge in [0.2, 0.25) is 0 Å². The summed E-state index contributed by atoms with van der Waals surface area (Å²) >= 11 is 0. The SMILES string of the molecule is C#Cc1cc(Nc2nnc(C(=O)Nc3ccc(N4CCC5(CCC(CC(=O)O)CC5)CC4)nc3)o2)ccc1F. The number of rotatable bonds is 7. The van der Waals surface area contributed by atoms with E-state index in [9.17, 15) is 14.0 Å². The van der Waals surface area contributed by atoms with Crippen LogP contribution in [0.1, 0.15) is 61.2 Å². The highest BCUT2D eigenvalue weighted by atomic mass is 19.1. The van der Waals surface area contributed by atoms with Crippen molar-refractivity contribution in [2.75, 3.05) is 28.6 Å². The molecule has 5 rings (SSSR count). The first-order valence-corrected chi connectivity index (χ1v) is 12.9. The van der Waals surface area contributed by atoms with E-state index < -0.39 is 17.7 Å². The summed E-state index contributed by atoms with van der Waals surface area (Å²) in [5.41, 5.74) is 1.32. The maximum atomic E-state index is 13.6. The van der Waals surface area contributed by atoms with Crippen LogP contribution < -0.4 is 15.5 Å². The number of hydrogen-bond acceptors (Lipinski definition) is 8. The Labute approximate surface area is 225 Å². The summed E-state index contributed by atoms with van der Waals surface area (Å²) in [4.78, 5) is 30.4. The number of amides is 1. The van der Waals surface area contributed by atoms with Gasteiger partial charge in [-0.1, -0.05) is 11.0 Å². The van der Waals surface area contributed by atoms with Crippen LogP contribution in [-0.2, 0) is 4.79 Å². The molecule has 3 aromatic rings. The van der Waals surface area contributed by atoms with E-state index in [1.165, 1.54) is 18.2 Å². The minimum absolute atomic E-state index is 0.0403. The third-order valence-corrected chi connectivity index (χ3v) is 7.78. The van der Waals surface area contributed by atoms with E-state index in [-0.39, 0.29) is 23.9 Å². The zero-order valence-electron chi connectivity index (χ0n) is 21.3. The Balaban J connectivity index is 1.12. The summed E-state index contributed by atoms with van der Waals surface area (Å²) in [7, 11) is 0. The predicted octanol–water partition coefficient (Wildman–Crippen LogP) is 4.83. The number of carbonyl (C=O) groups is 2. The summed E-state index contributed by atoms with van der Waals surface area (Å²) in [5.74, 6) is 1.34. The molecule has 1 amide bonds. The van der Waals surface area contributed by atoms with Gasteiger partial charge >= 0.3 is 23.8 Å². The average molecular weight is 533 g/mol. The average Bonchev–Trinajstić information content (AvgIpc) is 3.41. The number of carboxylic acid groups (broad SMARTS) is 1. The van der Waals surface area contributed by atoms with Crippen LogP contribution in [0.25, 0.3) is 0 Å². The van der Waals surface area contributed by atoms with Crippen molar-refractivity contribution in [3.8, 4) is 12.3 Å². The van der Waals surface area contributed by atoms with Crippen molar-refractivity contribution in [3.63, 3.8) is 0 Å². The Bertz CT molecular complexity index is 1380. The molecule has 0 radical (unpaired) electrons. The van der Waals surface area contributed by atoms with Crippen molar-refractivity contribution in [3.05, 3.63) is 53.8 Å². The Kier molecular flexibility index (Phi) is 7.45. The fourth-order valence-corrected chi connectivity index (χ4v) is 5.49. The number of aromatic nitrogens is 3. The molecule has 2 fully saturated rings. The Morgan fingerprint density at radius 3 is 2.54 bits per heavy atom. The van der Waals surface area contributed by atoms with Crippen LogP contribution in [0.15, 0.2) is 40.9 Å². The number of terminal acetylenes is 1. The fraction of sp³-hybridized carbons (Fsp3) is 0.393. The number of carboxylic acids is 1. The third kappa shape index (κ3) is 6.17.